The van der Waals surface area contributed by atoms with E-state index in [2.05, 4.69) is 52.0 Å². The number of fused-ring (bicyclic) bond motifs is 3. The molecule has 2 heterocycles. The summed E-state index contributed by atoms with van der Waals surface area (Å²) in [5.41, 5.74) is 8.40. The number of aryl methyl sites for hydroxylation is 5. The van der Waals surface area contributed by atoms with Gasteiger partial charge in [-0.05, 0) is 68.5 Å². The summed E-state index contributed by atoms with van der Waals surface area (Å²) >= 11 is 1.41. The molecule has 0 radical (unpaired) electrons. The van der Waals surface area contributed by atoms with Crippen LogP contribution in [-0.4, -0.2) is 26.3 Å². The summed E-state index contributed by atoms with van der Waals surface area (Å²) in [7, 11) is 0. The first-order valence-corrected chi connectivity index (χ1v) is 10.6. The number of thioether (sulfide) groups is 1. The van der Waals surface area contributed by atoms with Crippen molar-refractivity contribution in [2.45, 2.75) is 39.8 Å². The molecule has 0 aliphatic heterocycles. The van der Waals surface area contributed by atoms with Gasteiger partial charge in [-0.2, -0.15) is 0 Å². The molecule has 5 nitrogen and oxygen atoms in total. The van der Waals surface area contributed by atoms with Gasteiger partial charge in [0.25, 0.3) is 0 Å². The largest absolute Gasteiger partial charge is 0.325 e. The molecule has 0 saturated carbocycles. The van der Waals surface area contributed by atoms with Crippen molar-refractivity contribution in [3.63, 3.8) is 0 Å². The highest BCUT2D eigenvalue weighted by Gasteiger charge is 2.16. The first kappa shape index (κ1) is 19.5. The average molecular weight is 405 g/mol. The van der Waals surface area contributed by atoms with Gasteiger partial charge >= 0.3 is 0 Å². The Hall–Kier alpha value is -2.86. The van der Waals surface area contributed by atoms with Crippen LogP contribution in [0.1, 0.15) is 27.8 Å². The van der Waals surface area contributed by atoms with E-state index in [1.807, 2.05) is 39.0 Å². The standard InChI is InChI=1S/C23H24N4OS/c1-13-9-10-16(4)21-18(13)11-17(5)22-25-26-23(27(21)22)29-12-19(28)24-20-14(2)7-6-8-15(20)3/h6-11H,12H2,1-5H3,(H,24,28). The van der Waals surface area contributed by atoms with E-state index >= 15 is 0 Å². The predicted octanol–water partition coefficient (Wildman–Crippen LogP) is 5.16. The summed E-state index contributed by atoms with van der Waals surface area (Å²) in [6, 6.07) is 12.4. The SMILES string of the molecule is Cc1cccc(C)c1NC(=O)CSc1nnc2c(C)cc3c(C)ccc(C)c3n12. The van der Waals surface area contributed by atoms with Gasteiger partial charge in [-0.1, -0.05) is 42.1 Å². The van der Waals surface area contributed by atoms with Gasteiger partial charge in [-0.25, -0.2) is 0 Å². The number of carbonyl (C=O) groups excluding carboxylic acids is 1. The summed E-state index contributed by atoms with van der Waals surface area (Å²) in [5, 5.41) is 13.7. The Morgan fingerprint density at radius 2 is 1.62 bits per heavy atom. The van der Waals surface area contributed by atoms with Gasteiger partial charge < -0.3 is 5.32 Å². The number of carbonyl (C=O) groups is 1. The molecule has 0 aliphatic rings. The van der Waals surface area contributed by atoms with Crippen molar-refractivity contribution in [1.82, 2.24) is 14.6 Å². The fourth-order valence-corrected chi connectivity index (χ4v) is 4.45. The van der Waals surface area contributed by atoms with Crippen molar-refractivity contribution in [2.75, 3.05) is 11.1 Å². The summed E-state index contributed by atoms with van der Waals surface area (Å²) in [6.07, 6.45) is 0. The molecule has 0 unspecified atom stereocenters. The molecule has 0 aliphatic carbocycles. The third kappa shape index (κ3) is 3.49. The monoisotopic (exact) mass is 404 g/mol. The van der Waals surface area contributed by atoms with E-state index in [-0.39, 0.29) is 11.7 Å². The fraction of sp³-hybridized carbons (Fsp3) is 0.261. The molecule has 0 bridgehead atoms. The van der Waals surface area contributed by atoms with Crippen LogP contribution >= 0.6 is 11.8 Å². The smallest absolute Gasteiger partial charge is 0.234 e. The van der Waals surface area contributed by atoms with Gasteiger partial charge in [0.2, 0.25) is 5.91 Å². The minimum atomic E-state index is -0.0472. The molecule has 1 N–H and O–H groups in total. The Bertz CT molecular complexity index is 1240. The summed E-state index contributed by atoms with van der Waals surface area (Å²) in [6.45, 7) is 10.3. The lowest BCUT2D eigenvalue weighted by Crippen LogP contribution is -2.16. The molecule has 2 aromatic carbocycles. The lowest BCUT2D eigenvalue weighted by Gasteiger charge is -2.12. The first-order valence-electron chi connectivity index (χ1n) is 9.60. The number of hydrogen-bond acceptors (Lipinski definition) is 4. The van der Waals surface area contributed by atoms with E-state index < -0.39 is 0 Å². The molecule has 0 saturated heterocycles. The van der Waals surface area contributed by atoms with Crippen LogP contribution in [0, 0.1) is 34.6 Å². The Morgan fingerprint density at radius 1 is 0.931 bits per heavy atom. The third-order valence-corrected chi connectivity index (χ3v) is 6.21. The first-order chi connectivity index (χ1) is 13.9. The number of anilines is 1. The number of pyridine rings is 1. The number of nitrogens with zero attached hydrogens (tertiary/aromatic N) is 3. The highest BCUT2D eigenvalue weighted by atomic mass is 32.2. The molecule has 4 rings (SSSR count). The molecule has 1 amide bonds. The zero-order valence-electron chi connectivity index (χ0n) is 17.3. The van der Waals surface area contributed by atoms with Crippen LogP contribution in [0.4, 0.5) is 5.69 Å². The second-order valence-electron chi connectivity index (χ2n) is 7.53. The predicted molar refractivity (Wildman–Crippen MR) is 120 cm³/mol. The summed E-state index contributed by atoms with van der Waals surface area (Å²) in [4.78, 5) is 12.6. The second-order valence-corrected chi connectivity index (χ2v) is 8.48. The van der Waals surface area contributed by atoms with Crippen LogP contribution in [0.2, 0.25) is 0 Å². The van der Waals surface area contributed by atoms with Crippen LogP contribution in [0.5, 0.6) is 0 Å². The van der Waals surface area contributed by atoms with E-state index in [9.17, 15) is 4.79 Å². The molecule has 29 heavy (non-hydrogen) atoms. The molecular formula is C23H24N4OS. The molecular weight excluding hydrogens is 380 g/mol. The molecule has 148 valence electrons. The van der Waals surface area contributed by atoms with Crippen molar-refractivity contribution >= 4 is 39.9 Å². The maximum absolute atomic E-state index is 12.6. The molecule has 4 aromatic rings. The van der Waals surface area contributed by atoms with Crippen molar-refractivity contribution in [3.05, 3.63) is 64.2 Å². The van der Waals surface area contributed by atoms with E-state index in [4.69, 9.17) is 0 Å². The van der Waals surface area contributed by atoms with Crippen LogP contribution in [0.25, 0.3) is 16.6 Å². The van der Waals surface area contributed by atoms with Crippen LogP contribution in [-0.2, 0) is 4.79 Å². The highest BCUT2D eigenvalue weighted by molar-refractivity contribution is 7.99. The lowest BCUT2D eigenvalue weighted by molar-refractivity contribution is -0.113. The van der Waals surface area contributed by atoms with Gasteiger partial charge in [-0.15, -0.1) is 10.2 Å². The quantitative estimate of drug-likeness (QED) is 0.478. The molecule has 0 atom stereocenters. The molecule has 2 aromatic heterocycles. The highest BCUT2D eigenvalue weighted by Crippen LogP contribution is 2.29. The van der Waals surface area contributed by atoms with Crippen LogP contribution in [0.15, 0.2) is 41.6 Å². The van der Waals surface area contributed by atoms with E-state index in [0.717, 1.165) is 44.3 Å². The average Bonchev–Trinajstić information content (AvgIpc) is 3.11. The fourth-order valence-electron chi connectivity index (χ4n) is 3.72. The lowest BCUT2D eigenvalue weighted by atomic mass is 10.0. The second kappa shape index (κ2) is 7.52. The van der Waals surface area contributed by atoms with E-state index in [0.29, 0.717) is 0 Å². The van der Waals surface area contributed by atoms with E-state index in [1.165, 1.54) is 22.7 Å². The minimum absolute atomic E-state index is 0.0472. The van der Waals surface area contributed by atoms with Crippen LogP contribution < -0.4 is 5.32 Å². The number of amides is 1. The maximum Gasteiger partial charge on any atom is 0.234 e. The van der Waals surface area contributed by atoms with Crippen LogP contribution in [0.3, 0.4) is 0 Å². The van der Waals surface area contributed by atoms with Crippen molar-refractivity contribution < 1.29 is 4.79 Å². The van der Waals surface area contributed by atoms with Gasteiger partial charge in [0, 0.05) is 11.1 Å². The Balaban J connectivity index is 1.67. The Kier molecular flexibility index (Phi) is 5.04. The normalized spacial score (nSPS) is 11.3. The Morgan fingerprint density at radius 3 is 2.34 bits per heavy atom. The summed E-state index contributed by atoms with van der Waals surface area (Å²) < 4.78 is 2.09. The number of nitrogens with one attached hydrogen (secondary N) is 1. The number of hydrogen-bond donors (Lipinski definition) is 1. The molecule has 0 fully saturated rings. The van der Waals surface area contributed by atoms with Gasteiger partial charge in [-0.3, -0.25) is 9.20 Å². The van der Waals surface area contributed by atoms with E-state index in [1.54, 1.807) is 0 Å². The van der Waals surface area contributed by atoms with Gasteiger partial charge in [0.1, 0.15) is 0 Å². The number of rotatable bonds is 4. The zero-order valence-corrected chi connectivity index (χ0v) is 18.1. The topological polar surface area (TPSA) is 59.3 Å². The van der Waals surface area contributed by atoms with Gasteiger partial charge in [0.05, 0.1) is 11.3 Å². The number of benzene rings is 2. The van der Waals surface area contributed by atoms with Crippen molar-refractivity contribution in [3.8, 4) is 0 Å². The summed E-state index contributed by atoms with van der Waals surface area (Å²) in [5.74, 6) is 0.225. The van der Waals surface area contributed by atoms with Crippen molar-refractivity contribution in [1.29, 1.82) is 0 Å². The minimum Gasteiger partial charge on any atom is -0.325 e. The third-order valence-electron chi connectivity index (χ3n) is 5.29. The maximum atomic E-state index is 12.6. The molecule has 6 heteroatoms. The molecule has 0 spiro atoms. The zero-order chi connectivity index (χ0) is 20.7. The van der Waals surface area contributed by atoms with Crippen molar-refractivity contribution in [2.24, 2.45) is 0 Å². The Labute approximate surface area is 174 Å². The number of aromatic nitrogens is 3. The van der Waals surface area contributed by atoms with Gasteiger partial charge in [0.15, 0.2) is 10.8 Å². The number of para-hydroxylation sites is 1.